The minimum atomic E-state index is -3.72. The molecule has 0 saturated carbocycles. The van der Waals surface area contributed by atoms with Gasteiger partial charge >= 0.3 is 0 Å². The van der Waals surface area contributed by atoms with E-state index in [1.807, 2.05) is 18.2 Å². The first-order chi connectivity index (χ1) is 11.4. The molecule has 1 aliphatic heterocycles. The second-order valence-electron chi connectivity index (χ2n) is 5.84. The number of hydrogen-bond acceptors (Lipinski definition) is 4. The van der Waals surface area contributed by atoms with Gasteiger partial charge in [0.05, 0.1) is 0 Å². The number of carbonyl (C=O) groups is 1. The van der Waals surface area contributed by atoms with Gasteiger partial charge in [-0.25, -0.2) is 13.1 Å². The van der Waals surface area contributed by atoms with Gasteiger partial charge in [-0.05, 0) is 30.2 Å². The predicted octanol–water partition coefficient (Wildman–Crippen LogP) is 0.711. The normalized spacial score (nSPS) is 16.8. The number of nitrogens with one attached hydrogen (secondary N) is 2. The molecule has 0 spiro atoms. The van der Waals surface area contributed by atoms with Gasteiger partial charge in [-0.3, -0.25) is 4.79 Å². The number of fused-ring (bicyclic) bond motifs is 1. The average Bonchev–Trinajstić information content (AvgIpc) is 2.96. The highest BCUT2D eigenvalue weighted by Crippen LogP contribution is 2.22. The zero-order chi connectivity index (χ0) is 17.3. The maximum Gasteiger partial charge on any atom is 0.265 e. The molecule has 7 nitrogen and oxygen atoms in total. The quantitative estimate of drug-likeness (QED) is 0.705. The molecule has 0 radical (unpaired) electrons. The lowest BCUT2D eigenvalue weighted by Gasteiger charge is -2.27. The molecular formula is C16H21ClN4O3S. The fourth-order valence-corrected chi connectivity index (χ4v) is 4.09. The van der Waals surface area contributed by atoms with Gasteiger partial charge in [-0.15, -0.1) is 12.4 Å². The van der Waals surface area contributed by atoms with Gasteiger partial charge in [-0.2, -0.15) is 0 Å². The van der Waals surface area contributed by atoms with Gasteiger partial charge in [0.25, 0.3) is 5.91 Å². The summed E-state index contributed by atoms with van der Waals surface area (Å²) in [5, 5.41) is 3.33. The van der Waals surface area contributed by atoms with Crippen LogP contribution in [0.3, 0.4) is 0 Å². The van der Waals surface area contributed by atoms with Crippen LogP contribution in [0.1, 0.15) is 27.7 Å². The Kier molecular flexibility index (Phi) is 5.89. The van der Waals surface area contributed by atoms with Gasteiger partial charge in [0.15, 0.2) is 0 Å². The SMILES string of the molecule is Cl.Cn1cc(S(=O)(=O)NCC2NCCc3ccccc32)cc1C(N)=O. The zero-order valence-corrected chi connectivity index (χ0v) is 15.4. The van der Waals surface area contributed by atoms with Crippen LogP contribution in [0.5, 0.6) is 0 Å². The number of aromatic nitrogens is 1. The lowest BCUT2D eigenvalue weighted by molar-refractivity contribution is 0.0992. The summed E-state index contributed by atoms with van der Waals surface area (Å²) in [6.45, 7) is 1.04. The van der Waals surface area contributed by atoms with Crippen molar-refractivity contribution >= 4 is 28.3 Å². The number of nitrogens with two attached hydrogens (primary N) is 1. The van der Waals surface area contributed by atoms with E-state index in [4.69, 9.17) is 5.73 Å². The minimum Gasteiger partial charge on any atom is -0.364 e. The number of rotatable bonds is 5. The van der Waals surface area contributed by atoms with E-state index in [9.17, 15) is 13.2 Å². The summed E-state index contributed by atoms with van der Waals surface area (Å²) < 4.78 is 29.0. The van der Waals surface area contributed by atoms with E-state index in [2.05, 4.69) is 16.1 Å². The number of benzene rings is 1. The van der Waals surface area contributed by atoms with E-state index in [0.717, 1.165) is 18.5 Å². The molecule has 0 aliphatic carbocycles. The van der Waals surface area contributed by atoms with Crippen LogP contribution in [0.4, 0.5) is 0 Å². The van der Waals surface area contributed by atoms with Crippen molar-refractivity contribution in [3.05, 3.63) is 53.3 Å². The highest BCUT2D eigenvalue weighted by Gasteiger charge is 2.24. The van der Waals surface area contributed by atoms with Crippen molar-refractivity contribution in [3.8, 4) is 0 Å². The summed E-state index contributed by atoms with van der Waals surface area (Å²) in [7, 11) is -2.13. The molecule has 2 heterocycles. The van der Waals surface area contributed by atoms with Gasteiger partial charge in [-0.1, -0.05) is 24.3 Å². The standard InChI is InChI=1S/C16H20N4O3S.ClH/c1-20-10-12(8-15(20)16(17)21)24(22,23)19-9-14-13-5-3-2-4-11(13)6-7-18-14;/h2-5,8,10,14,18-19H,6-7,9H2,1H3,(H2,17,21);1H. The van der Waals surface area contributed by atoms with Gasteiger partial charge in [0, 0.05) is 25.8 Å². The van der Waals surface area contributed by atoms with E-state index >= 15 is 0 Å². The average molecular weight is 385 g/mol. The van der Waals surface area contributed by atoms with Gasteiger partial charge < -0.3 is 15.6 Å². The molecule has 1 unspecified atom stereocenters. The summed E-state index contributed by atoms with van der Waals surface area (Å²) in [6.07, 6.45) is 2.31. The molecule has 0 fully saturated rings. The van der Waals surface area contributed by atoms with Crippen LogP contribution in [0.25, 0.3) is 0 Å². The number of aryl methyl sites for hydroxylation is 1. The fourth-order valence-electron chi connectivity index (χ4n) is 2.98. The number of carbonyl (C=O) groups excluding carboxylic acids is 1. The molecule has 2 aromatic rings. The Balaban J connectivity index is 0.00000225. The van der Waals surface area contributed by atoms with Crippen LogP contribution in [0.2, 0.25) is 0 Å². The molecular weight excluding hydrogens is 364 g/mol. The number of nitrogens with zero attached hydrogens (tertiary/aromatic N) is 1. The Bertz CT molecular complexity index is 879. The van der Waals surface area contributed by atoms with Crippen molar-refractivity contribution in [2.24, 2.45) is 12.8 Å². The first-order valence-corrected chi connectivity index (χ1v) is 9.14. The second-order valence-corrected chi connectivity index (χ2v) is 7.61. The molecule has 3 rings (SSSR count). The number of primary amides is 1. The van der Waals surface area contributed by atoms with Crippen LogP contribution in [0.15, 0.2) is 41.4 Å². The summed E-state index contributed by atoms with van der Waals surface area (Å²) in [4.78, 5) is 11.3. The number of amides is 1. The lowest BCUT2D eigenvalue weighted by atomic mass is 9.95. The third kappa shape index (κ3) is 4.04. The van der Waals surface area contributed by atoms with Crippen molar-refractivity contribution in [2.45, 2.75) is 17.4 Å². The predicted molar refractivity (Wildman–Crippen MR) is 97.3 cm³/mol. The zero-order valence-electron chi connectivity index (χ0n) is 13.7. The third-order valence-corrected chi connectivity index (χ3v) is 5.63. The Morgan fingerprint density at radius 2 is 2.12 bits per heavy atom. The molecule has 4 N–H and O–H groups in total. The highest BCUT2D eigenvalue weighted by atomic mass is 35.5. The van der Waals surface area contributed by atoms with E-state index in [-0.39, 0.29) is 35.6 Å². The monoisotopic (exact) mass is 384 g/mol. The van der Waals surface area contributed by atoms with Crippen molar-refractivity contribution < 1.29 is 13.2 Å². The lowest BCUT2D eigenvalue weighted by Crippen LogP contribution is -2.38. The maximum atomic E-state index is 12.5. The summed E-state index contributed by atoms with van der Waals surface area (Å²) in [6, 6.07) is 9.21. The molecule has 9 heteroatoms. The van der Waals surface area contributed by atoms with Gasteiger partial charge in [0.2, 0.25) is 10.0 Å². The number of sulfonamides is 1. The van der Waals surface area contributed by atoms with E-state index < -0.39 is 15.9 Å². The molecule has 25 heavy (non-hydrogen) atoms. The smallest absolute Gasteiger partial charge is 0.265 e. The van der Waals surface area contributed by atoms with Crippen LogP contribution in [0, 0.1) is 0 Å². The first-order valence-electron chi connectivity index (χ1n) is 7.65. The van der Waals surface area contributed by atoms with E-state index in [1.165, 1.54) is 22.4 Å². The Hall–Kier alpha value is -1.87. The Morgan fingerprint density at radius 1 is 1.40 bits per heavy atom. The van der Waals surface area contributed by atoms with E-state index in [1.54, 1.807) is 7.05 Å². The van der Waals surface area contributed by atoms with Crippen molar-refractivity contribution in [3.63, 3.8) is 0 Å². The Labute approximate surface area is 153 Å². The van der Waals surface area contributed by atoms with Crippen molar-refractivity contribution in [2.75, 3.05) is 13.1 Å². The number of hydrogen-bond donors (Lipinski definition) is 3. The summed E-state index contributed by atoms with van der Waals surface area (Å²) in [5.41, 5.74) is 7.72. The first kappa shape index (κ1) is 19.5. The molecule has 1 aromatic heterocycles. The molecule has 1 aliphatic rings. The minimum absolute atomic E-state index is 0. The molecule has 0 saturated heterocycles. The summed E-state index contributed by atoms with van der Waals surface area (Å²) >= 11 is 0. The van der Waals surface area contributed by atoms with Crippen LogP contribution < -0.4 is 15.8 Å². The Morgan fingerprint density at radius 3 is 2.80 bits per heavy atom. The topological polar surface area (TPSA) is 106 Å². The largest absolute Gasteiger partial charge is 0.364 e. The van der Waals surface area contributed by atoms with Crippen molar-refractivity contribution in [1.29, 1.82) is 0 Å². The fraction of sp³-hybridized carbons (Fsp3) is 0.312. The summed E-state index contributed by atoms with van der Waals surface area (Å²) in [5.74, 6) is -0.665. The van der Waals surface area contributed by atoms with Crippen LogP contribution in [-0.4, -0.2) is 32.0 Å². The third-order valence-electron chi connectivity index (χ3n) is 4.24. The highest BCUT2D eigenvalue weighted by molar-refractivity contribution is 7.89. The van der Waals surface area contributed by atoms with Gasteiger partial charge in [0.1, 0.15) is 10.6 Å². The maximum absolute atomic E-state index is 12.5. The van der Waals surface area contributed by atoms with Crippen LogP contribution in [-0.2, 0) is 23.5 Å². The van der Waals surface area contributed by atoms with Crippen molar-refractivity contribution in [1.82, 2.24) is 14.6 Å². The molecule has 1 amide bonds. The van der Waals surface area contributed by atoms with Crippen LogP contribution >= 0.6 is 12.4 Å². The second kappa shape index (κ2) is 7.57. The molecule has 1 atom stereocenters. The van der Waals surface area contributed by atoms with E-state index in [0.29, 0.717) is 0 Å². The molecule has 136 valence electrons. The molecule has 0 bridgehead atoms. The molecule has 1 aromatic carbocycles. The number of halogens is 1.